The van der Waals surface area contributed by atoms with E-state index in [1.54, 1.807) is 39.8 Å². The summed E-state index contributed by atoms with van der Waals surface area (Å²) in [6.45, 7) is 15.5. The van der Waals surface area contributed by atoms with Gasteiger partial charge in [-0.05, 0) is 74.0 Å². The molecule has 8 amide bonds. The van der Waals surface area contributed by atoms with E-state index in [0.29, 0.717) is 18.4 Å². The lowest BCUT2D eigenvalue weighted by atomic mass is 9.98. The Morgan fingerprint density at radius 3 is 1.69 bits per heavy atom. The van der Waals surface area contributed by atoms with Crippen LogP contribution in [0.5, 0.6) is 5.75 Å². The number of nitrogens with one attached hydrogen (secondary N) is 7. The molecule has 2 aliphatic heterocycles. The van der Waals surface area contributed by atoms with Crippen LogP contribution in [0.1, 0.15) is 93.6 Å². The third-order valence-corrected chi connectivity index (χ3v) is 10.2. The van der Waals surface area contributed by atoms with E-state index in [2.05, 4.69) is 37.2 Å². The van der Waals surface area contributed by atoms with Crippen molar-refractivity contribution in [2.24, 2.45) is 23.7 Å². The molecule has 0 saturated carbocycles. The standard InChI is InChI=1S/C41H64N8O9/c1-21(2)17-28-36(53)43-25(9)35(52)45-29(18-22(3)4)37(54)48-34(24(7)8)41(58)49-16-10-11-31(49)39(56)42-20-32(51)44-30(19-26-12-14-27(50)15-13-26)38(55)47-33(23(5)6)40(57)46-28/h12-15,21-25,28-31,33-34,50H,10-11,16-20H2,1-9H3,(H,42,56)(H,43,53)(H,44,51)(H,45,52)(H,46,57)(H,47,55)(H,48,54)/t25-,28-,29-,30-,31-,33-,34-/m0/s1. The lowest BCUT2D eigenvalue weighted by Crippen LogP contribution is -2.61. The van der Waals surface area contributed by atoms with Gasteiger partial charge in [-0.1, -0.05) is 67.5 Å². The topological polar surface area (TPSA) is 244 Å². The molecule has 0 bridgehead atoms. The Labute approximate surface area is 341 Å². The number of phenolic OH excluding ortho intramolecular Hbond substituents is 1. The van der Waals surface area contributed by atoms with Crippen LogP contribution in [0, 0.1) is 23.7 Å². The maximum absolute atomic E-state index is 14.0. The van der Waals surface area contributed by atoms with E-state index in [9.17, 15) is 43.5 Å². The van der Waals surface area contributed by atoms with Gasteiger partial charge in [0.05, 0.1) is 6.54 Å². The first-order valence-corrected chi connectivity index (χ1v) is 20.4. The van der Waals surface area contributed by atoms with Gasteiger partial charge in [-0.25, -0.2) is 0 Å². The van der Waals surface area contributed by atoms with Crippen LogP contribution in [0.15, 0.2) is 24.3 Å². The maximum atomic E-state index is 14.0. The van der Waals surface area contributed by atoms with E-state index in [4.69, 9.17) is 0 Å². The van der Waals surface area contributed by atoms with E-state index in [1.807, 2.05) is 27.7 Å². The van der Waals surface area contributed by atoms with Crippen LogP contribution in [0.25, 0.3) is 0 Å². The highest BCUT2D eigenvalue weighted by Gasteiger charge is 2.40. The summed E-state index contributed by atoms with van der Waals surface area (Å²) in [5.41, 5.74) is 0.579. The minimum absolute atomic E-state index is 0.00271. The Hall–Kier alpha value is -5.22. The van der Waals surface area contributed by atoms with Gasteiger partial charge in [-0.15, -0.1) is 0 Å². The second-order valence-corrected chi connectivity index (χ2v) is 17.0. The average molecular weight is 813 g/mol. The normalized spacial score (nSPS) is 26.6. The summed E-state index contributed by atoms with van der Waals surface area (Å²) in [4.78, 5) is 111. The van der Waals surface area contributed by atoms with E-state index >= 15 is 0 Å². The zero-order valence-corrected chi connectivity index (χ0v) is 35.3. The fraction of sp³-hybridized carbons (Fsp3) is 0.659. The zero-order valence-electron chi connectivity index (χ0n) is 35.3. The predicted octanol–water partition coefficient (Wildman–Crippen LogP) is 0.388. The molecule has 58 heavy (non-hydrogen) atoms. The number of rotatable bonds is 8. The van der Waals surface area contributed by atoms with Crippen molar-refractivity contribution < 1.29 is 43.5 Å². The van der Waals surface area contributed by atoms with Gasteiger partial charge in [0.1, 0.15) is 48.0 Å². The Morgan fingerprint density at radius 2 is 1.14 bits per heavy atom. The summed E-state index contributed by atoms with van der Waals surface area (Å²) in [5.74, 6) is -6.08. The summed E-state index contributed by atoms with van der Waals surface area (Å²) in [6, 6.07) is -1.67. The molecule has 0 aliphatic carbocycles. The third-order valence-electron chi connectivity index (χ3n) is 10.2. The summed E-state index contributed by atoms with van der Waals surface area (Å²) in [6.07, 6.45) is 1.19. The molecular formula is C41H64N8O9. The second-order valence-electron chi connectivity index (χ2n) is 17.0. The van der Waals surface area contributed by atoms with Gasteiger partial charge in [0.15, 0.2) is 0 Å². The van der Waals surface area contributed by atoms with E-state index in [0.717, 1.165) is 0 Å². The molecule has 2 heterocycles. The molecule has 0 spiro atoms. The van der Waals surface area contributed by atoms with E-state index < -0.39 is 108 Å². The number of hydrogen-bond donors (Lipinski definition) is 8. The van der Waals surface area contributed by atoms with Crippen LogP contribution in [0.3, 0.4) is 0 Å². The Balaban J connectivity index is 2.03. The summed E-state index contributed by atoms with van der Waals surface area (Å²) in [7, 11) is 0. The van der Waals surface area contributed by atoms with Crippen LogP contribution in [0.2, 0.25) is 0 Å². The number of benzene rings is 1. The molecule has 2 fully saturated rings. The molecule has 1 aromatic carbocycles. The SMILES string of the molecule is CC(C)C[C@@H]1NC(=O)[C@H](C)NC(=O)[C@H](CC(C)C)NC(=O)[C@H](C(C)C)NC(=O)[C@H](Cc2ccc(O)cc2)NC(=O)CNC(=O)[C@@H]2CCCN2C(=O)[C@H](C(C)C)NC1=O. The van der Waals surface area contributed by atoms with Crippen LogP contribution >= 0.6 is 0 Å². The van der Waals surface area contributed by atoms with Crippen LogP contribution in [-0.2, 0) is 44.8 Å². The number of amides is 8. The first-order chi connectivity index (χ1) is 27.2. The van der Waals surface area contributed by atoms with Crippen molar-refractivity contribution in [3.63, 3.8) is 0 Å². The minimum Gasteiger partial charge on any atom is -0.508 e. The first-order valence-electron chi connectivity index (χ1n) is 20.4. The smallest absolute Gasteiger partial charge is 0.246 e. The zero-order chi connectivity index (χ0) is 43.4. The van der Waals surface area contributed by atoms with Gasteiger partial charge in [-0.3, -0.25) is 38.4 Å². The monoisotopic (exact) mass is 812 g/mol. The molecule has 17 heteroatoms. The number of hydrogen-bond acceptors (Lipinski definition) is 9. The van der Waals surface area contributed by atoms with Gasteiger partial charge in [0.25, 0.3) is 0 Å². The number of aromatic hydroxyl groups is 1. The molecule has 17 nitrogen and oxygen atoms in total. The molecule has 0 radical (unpaired) electrons. The summed E-state index contributed by atoms with van der Waals surface area (Å²) in [5, 5.41) is 28.7. The van der Waals surface area contributed by atoms with Crippen molar-refractivity contribution in [3.8, 4) is 5.75 Å². The average Bonchev–Trinajstić information content (AvgIpc) is 3.64. The van der Waals surface area contributed by atoms with Crippen molar-refractivity contribution in [3.05, 3.63) is 29.8 Å². The molecule has 3 rings (SSSR count). The minimum atomic E-state index is -1.23. The molecular weight excluding hydrogens is 748 g/mol. The van der Waals surface area contributed by atoms with Gasteiger partial charge in [0, 0.05) is 13.0 Å². The highest BCUT2D eigenvalue weighted by atomic mass is 16.3. The highest BCUT2D eigenvalue weighted by molar-refractivity contribution is 5.98. The predicted molar refractivity (Wildman–Crippen MR) is 215 cm³/mol. The van der Waals surface area contributed by atoms with Gasteiger partial charge >= 0.3 is 0 Å². The quantitative estimate of drug-likeness (QED) is 0.181. The van der Waals surface area contributed by atoms with E-state index in [1.165, 1.54) is 24.0 Å². The van der Waals surface area contributed by atoms with E-state index in [-0.39, 0.29) is 43.4 Å². The number of carbonyl (C=O) groups is 8. The lowest BCUT2D eigenvalue weighted by molar-refractivity contribution is -0.143. The molecule has 0 unspecified atom stereocenters. The molecule has 2 saturated heterocycles. The van der Waals surface area contributed by atoms with Crippen molar-refractivity contribution in [2.75, 3.05) is 13.1 Å². The van der Waals surface area contributed by atoms with Crippen LogP contribution in [0.4, 0.5) is 0 Å². The number of fused-ring (bicyclic) bond motifs is 1. The van der Waals surface area contributed by atoms with Crippen molar-refractivity contribution in [1.29, 1.82) is 0 Å². The Morgan fingerprint density at radius 1 is 0.621 bits per heavy atom. The number of carbonyl (C=O) groups excluding carboxylic acids is 8. The largest absolute Gasteiger partial charge is 0.508 e. The lowest BCUT2D eigenvalue weighted by Gasteiger charge is -2.32. The van der Waals surface area contributed by atoms with Crippen molar-refractivity contribution in [2.45, 2.75) is 137 Å². The first kappa shape index (κ1) is 47.2. The van der Waals surface area contributed by atoms with Gasteiger partial charge in [-0.2, -0.15) is 0 Å². The Kier molecular flexibility index (Phi) is 17.5. The molecule has 8 N–H and O–H groups in total. The number of phenols is 1. The highest BCUT2D eigenvalue weighted by Crippen LogP contribution is 2.21. The Bertz CT molecular complexity index is 1650. The fourth-order valence-corrected chi connectivity index (χ4v) is 6.99. The van der Waals surface area contributed by atoms with Crippen molar-refractivity contribution >= 4 is 47.3 Å². The second kappa shape index (κ2) is 21.5. The molecule has 0 aromatic heterocycles. The molecule has 1 aromatic rings. The van der Waals surface area contributed by atoms with Gasteiger partial charge < -0.3 is 47.2 Å². The van der Waals surface area contributed by atoms with Crippen LogP contribution < -0.4 is 37.2 Å². The molecule has 7 atom stereocenters. The van der Waals surface area contributed by atoms with Crippen molar-refractivity contribution in [1.82, 2.24) is 42.1 Å². The third kappa shape index (κ3) is 13.7. The van der Waals surface area contributed by atoms with Crippen LogP contribution in [-0.4, -0.2) is 113 Å². The molecule has 322 valence electrons. The molecule has 2 aliphatic rings. The van der Waals surface area contributed by atoms with Gasteiger partial charge in [0.2, 0.25) is 47.3 Å². The fourth-order valence-electron chi connectivity index (χ4n) is 6.99. The summed E-state index contributed by atoms with van der Waals surface area (Å²) >= 11 is 0. The number of nitrogens with zero attached hydrogens (tertiary/aromatic N) is 1. The summed E-state index contributed by atoms with van der Waals surface area (Å²) < 4.78 is 0. The maximum Gasteiger partial charge on any atom is 0.246 e.